The second-order valence-electron chi connectivity index (χ2n) is 6.75. The summed E-state index contributed by atoms with van der Waals surface area (Å²) >= 11 is 0. The number of carbonyl (C=O) groups is 2. The van der Waals surface area contributed by atoms with Crippen LogP contribution in [0, 0.1) is 27.7 Å². The Hall–Kier alpha value is -2.51. The molecule has 1 amide bonds. The SMILES string of the molecule is Cc1ccc(C)c(C(=O)CCC(=O)Nc2cc(S(N)(=O)=O)cc(C)c2C)c1. The van der Waals surface area contributed by atoms with Crippen LogP contribution in [0.1, 0.15) is 45.5 Å². The number of hydrogen-bond acceptors (Lipinski definition) is 4. The van der Waals surface area contributed by atoms with Crippen molar-refractivity contribution in [2.45, 2.75) is 45.4 Å². The molecule has 6 nitrogen and oxygen atoms in total. The first-order chi connectivity index (χ1) is 12.5. The van der Waals surface area contributed by atoms with Crippen molar-refractivity contribution in [3.05, 3.63) is 58.1 Å². The van der Waals surface area contributed by atoms with Gasteiger partial charge in [0.2, 0.25) is 15.9 Å². The summed E-state index contributed by atoms with van der Waals surface area (Å²) in [5, 5.41) is 7.86. The van der Waals surface area contributed by atoms with E-state index in [0.717, 1.165) is 16.7 Å². The van der Waals surface area contributed by atoms with Gasteiger partial charge in [-0.25, -0.2) is 13.6 Å². The van der Waals surface area contributed by atoms with E-state index in [1.54, 1.807) is 13.8 Å². The Morgan fingerprint density at radius 3 is 2.26 bits per heavy atom. The lowest BCUT2D eigenvalue weighted by atomic mass is 9.99. The van der Waals surface area contributed by atoms with Crippen molar-refractivity contribution in [2.24, 2.45) is 5.14 Å². The average Bonchev–Trinajstić information content (AvgIpc) is 2.57. The number of hydrogen-bond donors (Lipinski definition) is 2. The van der Waals surface area contributed by atoms with Crippen molar-refractivity contribution in [3.8, 4) is 0 Å². The molecule has 0 atom stereocenters. The van der Waals surface area contributed by atoms with Crippen LogP contribution in [-0.4, -0.2) is 20.1 Å². The number of aryl methyl sites for hydroxylation is 3. The lowest BCUT2D eigenvalue weighted by Gasteiger charge is -2.13. The fourth-order valence-corrected chi connectivity index (χ4v) is 3.35. The van der Waals surface area contributed by atoms with Gasteiger partial charge in [-0.2, -0.15) is 0 Å². The van der Waals surface area contributed by atoms with Gasteiger partial charge in [-0.15, -0.1) is 0 Å². The number of carbonyl (C=O) groups excluding carboxylic acids is 2. The molecule has 0 aliphatic heterocycles. The molecule has 0 bridgehead atoms. The average molecular weight is 388 g/mol. The number of primary sulfonamides is 1. The van der Waals surface area contributed by atoms with Crippen molar-refractivity contribution in [1.82, 2.24) is 0 Å². The molecule has 2 rings (SSSR count). The van der Waals surface area contributed by atoms with Crippen molar-refractivity contribution >= 4 is 27.4 Å². The van der Waals surface area contributed by atoms with Gasteiger partial charge < -0.3 is 5.32 Å². The van der Waals surface area contributed by atoms with Crippen LogP contribution in [0.4, 0.5) is 5.69 Å². The van der Waals surface area contributed by atoms with E-state index in [2.05, 4.69) is 5.32 Å². The Morgan fingerprint density at radius 2 is 1.63 bits per heavy atom. The Labute approximate surface area is 159 Å². The van der Waals surface area contributed by atoms with Crippen LogP contribution < -0.4 is 10.5 Å². The molecule has 27 heavy (non-hydrogen) atoms. The van der Waals surface area contributed by atoms with Gasteiger partial charge in [-0.3, -0.25) is 9.59 Å². The van der Waals surface area contributed by atoms with Crippen LogP contribution in [0.25, 0.3) is 0 Å². The molecule has 144 valence electrons. The Kier molecular flexibility index (Phi) is 6.18. The topological polar surface area (TPSA) is 106 Å². The molecule has 0 aliphatic rings. The first-order valence-corrected chi connectivity index (χ1v) is 10.1. The quantitative estimate of drug-likeness (QED) is 0.741. The number of amides is 1. The summed E-state index contributed by atoms with van der Waals surface area (Å²) in [6.07, 6.45) is 0.0767. The predicted octanol–water partition coefficient (Wildman–Crippen LogP) is 3.17. The summed E-state index contributed by atoms with van der Waals surface area (Å²) in [6.45, 7) is 7.28. The molecule has 2 aromatic rings. The van der Waals surface area contributed by atoms with Crippen molar-refractivity contribution in [3.63, 3.8) is 0 Å². The molecule has 0 saturated carbocycles. The molecular weight excluding hydrogens is 364 g/mol. The molecule has 0 aromatic heterocycles. The maximum Gasteiger partial charge on any atom is 0.238 e. The van der Waals surface area contributed by atoms with Crippen LogP contribution in [0.2, 0.25) is 0 Å². The fraction of sp³-hybridized carbons (Fsp3) is 0.300. The van der Waals surface area contributed by atoms with Crippen LogP contribution in [0.3, 0.4) is 0 Å². The number of benzene rings is 2. The minimum Gasteiger partial charge on any atom is -0.326 e. The maximum atomic E-state index is 12.4. The van der Waals surface area contributed by atoms with Gasteiger partial charge in [0.1, 0.15) is 0 Å². The zero-order valence-electron chi connectivity index (χ0n) is 15.9. The Balaban J connectivity index is 2.11. The van der Waals surface area contributed by atoms with Gasteiger partial charge in [-0.05, 0) is 62.6 Å². The number of nitrogens with one attached hydrogen (secondary N) is 1. The van der Waals surface area contributed by atoms with Crippen LogP contribution >= 0.6 is 0 Å². The van der Waals surface area contributed by atoms with Crippen LogP contribution in [0.5, 0.6) is 0 Å². The standard InChI is InChI=1S/C20H24N2O4S/c1-12-5-6-13(2)17(9-12)19(23)7-8-20(24)22-18-11-16(27(21,25)26)10-14(3)15(18)4/h5-6,9-11H,7-8H2,1-4H3,(H,22,24)(H2,21,25,26). The third-order valence-corrected chi connectivity index (χ3v) is 5.41. The minimum atomic E-state index is -3.88. The summed E-state index contributed by atoms with van der Waals surface area (Å²) in [6, 6.07) is 8.43. The number of nitrogens with two attached hydrogens (primary N) is 1. The first-order valence-electron chi connectivity index (χ1n) is 8.53. The molecule has 0 radical (unpaired) electrons. The van der Waals surface area contributed by atoms with Gasteiger partial charge in [0.05, 0.1) is 4.90 Å². The summed E-state index contributed by atoms with van der Waals surface area (Å²) < 4.78 is 23.2. The zero-order valence-corrected chi connectivity index (χ0v) is 16.7. The molecule has 0 saturated heterocycles. The zero-order chi connectivity index (χ0) is 20.4. The lowest BCUT2D eigenvalue weighted by Crippen LogP contribution is -2.17. The largest absolute Gasteiger partial charge is 0.326 e. The third kappa shape index (κ3) is 5.24. The van der Waals surface area contributed by atoms with Gasteiger partial charge in [0, 0.05) is 24.1 Å². The highest BCUT2D eigenvalue weighted by Crippen LogP contribution is 2.24. The highest BCUT2D eigenvalue weighted by molar-refractivity contribution is 7.89. The molecule has 3 N–H and O–H groups in total. The molecular formula is C20H24N2O4S. The highest BCUT2D eigenvalue weighted by Gasteiger charge is 2.16. The summed E-state index contributed by atoms with van der Waals surface area (Å²) in [5.41, 5.74) is 4.30. The second-order valence-corrected chi connectivity index (χ2v) is 8.31. The normalized spacial score (nSPS) is 11.3. The highest BCUT2D eigenvalue weighted by atomic mass is 32.2. The van der Waals surface area contributed by atoms with E-state index in [1.165, 1.54) is 12.1 Å². The molecule has 2 aromatic carbocycles. The van der Waals surface area contributed by atoms with Crippen LogP contribution in [0.15, 0.2) is 35.2 Å². The summed E-state index contributed by atoms with van der Waals surface area (Å²) in [4.78, 5) is 24.6. The van der Waals surface area contributed by atoms with E-state index < -0.39 is 10.0 Å². The number of sulfonamides is 1. The van der Waals surface area contributed by atoms with Gasteiger partial charge in [-0.1, -0.05) is 17.7 Å². The van der Waals surface area contributed by atoms with E-state index in [4.69, 9.17) is 5.14 Å². The molecule has 0 fully saturated rings. The lowest BCUT2D eigenvalue weighted by molar-refractivity contribution is -0.116. The molecule has 7 heteroatoms. The van der Waals surface area contributed by atoms with Crippen molar-refractivity contribution < 1.29 is 18.0 Å². The number of Topliss-reactive ketones (excluding diaryl/α,β-unsaturated/α-hetero) is 1. The van der Waals surface area contributed by atoms with Crippen molar-refractivity contribution in [1.29, 1.82) is 0 Å². The van der Waals surface area contributed by atoms with E-state index in [9.17, 15) is 18.0 Å². The number of ketones is 1. The summed E-state index contributed by atoms with van der Waals surface area (Å²) in [5.74, 6) is -0.458. The summed E-state index contributed by atoms with van der Waals surface area (Å²) in [7, 11) is -3.88. The van der Waals surface area contributed by atoms with Gasteiger partial charge in [0.15, 0.2) is 5.78 Å². The maximum absolute atomic E-state index is 12.4. The third-order valence-electron chi connectivity index (χ3n) is 4.52. The molecule has 0 unspecified atom stereocenters. The van der Waals surface area contributed by atoms with Crippen LogP contribution in [-0.2, 0) is 14.8 Å². The van der Waals surface area contributed by atoms with E-state index >= 15 is 0 Å². The monoisotopic (exact) mass is 388 g/mol. The van der Waals surface area contributed by atoms with E-state index in [1.807, 2.05) is 32.0 Å². The Bertz CT molecular complexity index is 1010. The molecule has 0 heterocycles. The number of rotatable bonds is 6. The van der Waals surface area contributed by atoms with Gasteiger partial charge in [0.25, 0.3) is 0 Å². The minimum absolute atomic E-state index is 0.00427. The fourth-order valence-electron chi connectivity index (χ4n) is 2.73. The first kappa shape index (κ1) is 20.8. The molecule has 0 aliphatic carbocycles. The smallest absolute Gasteiger partial charge is 0.238 e. The molecule has 0 spiro atoms. The number of anilines is 1. The van der Waals surface area contributed by atoms with E-state index in [0.29, 0.717) is 16.8 Å². The van der Waals surface area contributed by atoms with Gasteiger partial charge >= 0.3 is 0 Å². The predicted molar refractivity (Wildman–Crippen MR) is 105 cm³/mol. The Morgan fingerprint density at radius 1 is 0.963 bits per heavy atom. The van der Waals surface area contributed by atoms with Crippen molar-refractivity contribution in [2.75, 3.05) is 5.32 Å². The second kappa shape index (κ2) is 8.02. The van der Waals surface area contributed by atoms with E-state index in [-0.39, 0.29) is 29.4 Å².